The summed E-state index contributed by atoms with van der Waals surface area (Å²) in [5.41, 5.74) is 1.52. The van der Waals surface area contributed by atoms with Crippen molar-refractivity contribution in [3.8, 4) is 23.1 Å². The SMILES string of the molecule is CN=C(NCCc1noc(-c2ccccn2)n1)Nc1ccc2c(c1)OCCCO2. The van der Waals surface area contributed by atoms with Crippen LogP contribution in [0, 0.1) is 0 Å². The van der Waals surface area contributed by atoms with Gasteiger partial charge >= 0.3 is 0 Å². The highest BCUT2D eigenvalue weighted by Gasteiger charge is 2.12. The molecule has 150 valence electrons. The lowest BCUT2D eigenvalue weighted by atomic mass is 10.2. The normalized spacial score (nSPS) is 13.6. The van der Waals surface area contributed by atoms with Crippen LogP contribution in [0.25, 0.3) is 11.6 Å². The lowest BCUT2D eigenvalue weighted by Crippen LogP contribution is -2.32. The summed E-state index contributed by atoms with van der Waals surface area (Å²) in [5, 5.41) is 10.5. The van der Waals surface area contributed by atoms with Crippen LogP contribution in [-0.2, 0) is 6.42 Å². The number of ether oxygens (including phenoxy) is 2. The molecule has 0 fully saturated rings. The zero-order chi connectivity index (χ0) is 19.9. The van der Waals surface area contributed by atoms with Crippen molar-refractivity contribution in [3.05, 3.63) is 48.4 Å². The molecule has 0 amide bonds. The summed E-state index contributed by atoms with van der Waals surface area (Å²) in [6.45, 7) is 1.90. The first-order valence-corrected chi connectivity index (χ1v) is 9.43. The van der Waals surface area contributed by atoms with Crippen molar-refractivity contribution in [3.63, 3.8) is 0 Å². The number of hydrogen-bond donors (Lipinski definition) is 2. The van der Waals surface area contributed by atoms with Crippen molar-refractivity contribution >= 4 is 11.6 Å². The molecule has 0 atom stereocenters. The number of hydrogen-bond acceptors (Lipinski definition) is 7. The molecule has 1 aromatic carbocycles. The van der Waals surface area contributed by atoms with E-state index in [1.807, 2.05) is 36.4 Å². The van der Waals surface area contributed by atoms with Crippen molar-refractivity contribution in [1.82, 2.24) is 20.4 Å². The van der Waals surface area contributed by atoms with Crippen LogP contribution < -0.4 is 20.1 Å². The van der Waals surface area contributed by atoms with Gasteiger partial charge in [0.1, 0.15) is 5.69 Å². The number of pyridine rings is 1. The molecule has 0 saturated carbocycles. The van der Waals surface area contributed by atoms with Gasteiger partial charge in [-0.25, -0.2) is 0 Å². The highest BCUT2D eigenvalue weighted by molar-refractivity contribution is 5.93. The number of fused-ring (bicyclic) bond motifs is 1. The second-order valence-corrected chi connectivity index (χ2v) is 6.32. The topological polar surface area (TPSA) is 107 Å². The van der Waals surface area contributed by atoms with Crippen molar-refractivity contribution in [2.45, 2.75) is 12.8 Å². The third-order valence-electron chi connectivity index (χ3n) is 4.23. The molecule has 2 N–H and O–H groups in total. The number of aliphatic imine (C=N–C) groups is 1. The Morgan fingerprint density at radius 3 is 2.86 bits per heavy atom. The number of rotatable bonds is 5. The molecule has 0 spiro atoms. The molecule has 9 heteroatoms. The molecule has 0 unspecified atom stereocenters. The second-order valence-electron chi connectivity index (χ2n) is 6.32. The quantitative estimate of drug-likeness (QED) is 0.502. The summed E-state index contributed by atoms with van der Waals surface area (Å²) < 4.78 is 16.7. The highest BCUT2D eigenvalue weighted by Crippen LogP contribution is 2.32. The number of aromatic nitrogens is 3. The molecular weight excluding hydrogens is 372 g/mol. The van der Waals surface area contributed by atoms with E-state index in [2.05, 4.69) is 30.8 Å². The standard InChI is InChI=1S/C20H22N6O3/c1-21-20(24-14-6-7-16-17(13-14)28-12-4-11-27-16)23-10-8-18-25-19(29-26-18)15-5-2-3-9-22-15/h2-3,5-7,9,13H,4,8,10-12H2,1H3,(H2,21,23,24). The van der Waals surface area contributed by atoms with E-state index in [9.17, 15) is 0 Å². The van der Waals surface area contributed by atoms with Gasteiger partial charge in [-0.2, -0.15) is 4.98 Å². The summed E-state index contributed by atoms with van der Waals surface area (Å²) >= 11 is 0. The van der Waals surface area contributed by atoms with Crippen LogP contribution in [0.3, 0.4) is 0 Å². The maximum absolute atomic E-state index is 5.72. The van der Waals surface area contributed by atoms with Crippen molar-refractivity contribution in [2.24, 2.45) is 4.99 Å². The number of anilines is 1. The zero-order valence-electron chi connectivity index (χ0n) is 16.1. The van der Waals surface area contributed by atoms with Gasteiger partial charge < -0.3 is 24.6 Å². The molecule has 9 nitrogen and oxygen atoms in total. The maximum Gasteiger partial charge on any atom is 0.276 e. The molecule has 29 heavy (non-hydrogen) atoms. The minimum absolute atomic E-state index is 0.412. The summed E-state index contributed by atoms with van der Waals surface area (Å²) in [4.78, 5) is 12.8. The minimum atomic E-state index is 0.412. The van der Waals surface area contributed by atoms with E-state index in [0.29, 0.717) is 49.5 Å². The van der Waals surface area contributed by atoms with Gasteiger partial charge in [0.15, 0.2) is 23.3 Å². The third kappa shape index (κ3) is 4.81. The number of benzene rings is 1. The number of nitrogens with zero attached hydrogens (tertiary/aromatic N) is 4. The van der Waals surface area contributed by atoms with Crippen LogP contribution in [-0.4, -0.2) is 47.9 Å². The van der Waals surface area contributed by atoms with Gasteiger partial charge in [-0.3, -0.25) is 9.98 Å². The molecule has 2 aromatic heterocycles. The van der Waals surface area contributed by atoms with Crippen molar-refractivity contribution in [1.29, 1.82) is 0 Å². The Kier molecular flexibility index (Phi) is 5.84. The summed E-state index contributed by atoms with van der Waals surface area (Å²) in [6, 6.07) is 11.3. The first kappa shape index (κ1) is 18.7. The lowest BCUT2D eigenvalue weighted by molar-refractivity contribution is 0.297. The Balaban J connectivity index is 1.31. The maximum atomic E-state index is 5.72. The molecule has 0 bridgehead atoms. The molecule has 3 aromatic rings. The minimum Gasteiger partial charge on any atom is -0.490 e. The van der Waals surface area contributed by atoms with Gasteiger partial charge in [-0.15, -0.1) is 0 Å². The first-order chi connectivity index (χ1) is 14.3. The fraction of sp³-hybridized carbons (Fsp3) is 0.300. The summed E-state index contributed by atoms with van der Waals surface area (Å²) in [7, 11) is 1.71. The Morgan fingerprint density at radius 1 is 1.14 bits per heavy atom. The number of nitrogens with one attached hydrogen (secondary N) is 2. The Labute approximate surface area is 168 Å². The van der Waals surface area contributed by atoms with Crippen LogP contribution in [0.5, 0.6) is 11.5 Å². The van der Waals surface area contributed by atoms with Crippen LogP contribution in [0.1, 0.15) is 12.2 Å². The van der Waals surface area contributed by atoms with Crippen LogP contribution in [0.15, 0.2) is 52.1 Å². The van der Waals surface area contributed by atoms with Crippen molar-refractivity contribution < 1.29 is 14.0 Å². The molecule has 0 radical (unpaired) electrons. The molecule has 0 saturated heterocycles. The Morgan fingerprint density at radius 2 is 2.03 bits per heavy atom. The predicted octanol–water partition coefficient (Wildman–Crippen LogP) is 2.52. The van der Waals surface area contributed by atoms with E-state index in [1.165, 1.54) is 0 Å². The molecule has 1 aliphatic rings. The predicted molar refractivity (Wildman–Crippen MR) is 108 cm³/mol. The van der Waals surface area contributed by atoms with Gasteiger partial charge in [0.2, 0.25) is 0 Å². The average Bonchev–Trinajstić information content (AvgIpc) is 3.11. The largest absolute Gasteiger partial charge is 0.490 e. The molecule has 3 heterocycles. The van der Waals surface area contributed by atoms with Gasteiger partial charge in [-0.1, -0.05) is 11.2 Å². The zero-order valence-corrected chi connectivity index (χ0v) is 16.1. The third-order valence-corrected chi connectivity index (χ3v) is 4.23. The van der Waals surface area contributed by atoms with E-state index in [0.717, 1.165) is 23.6 Å². The molecular formula is C20H22N6O3. The lowest BCUT2D eigenvalue weighted by Gasteiger charge is -2.13. The van der Waals surface area contributed by atoms with Gasteiger partial charge in [0, 0.05) is 44.4 Å². The fourth-order valence-electron chi connectivity index (χ4n) is 2.80. The Hall–Kier alpha value is -3.62. The van der Waals surface area contributed by atoms with Gasteiger partial charge in [0.25, 0.3) is 5.89 Å². The van der Waals surface area contributed by atoms with E-state index >= 15 is 0 Å². The van der Waals surface area contributed by atoms with E-state index in [4.69, 9.17) is 14.0 Å². The smallest absolute Gasteiger partial charge is 0.276 e. The molecule has 0 aliphatic carbocycles. The monoisotopic (exact) mass is 394 g/mol. The van der Waals surface area contributed by atoms with E-state index < -0.39 is 0 Å². The van der Waals surface area contributed by atoms with Gasteiger partial charge in [-0.05, 0) is 24.3 Å². The van der Waals surface area contributed by atoms with E-state index in [1.54, 1.807) is 13.2 Å². The molecule has 4 rings (SSSR count). The first-order valence-electron chi connectivity index (χ1n) is 9.43. The molecule has 1 aliphatic heterocycles. The average molecular weight is 394 g/mol. The Bertz CT molecular complexity index is 973. The van der Waals surface area contributed by atoms with Crippen LogP contribution in [0.2, 0.25) is 0 Å². The number of guanidine groups is 1. The fourth-order valence-corrected chi connectivity index (χ4v) is 2.80. The second kappa shape index (κ2) is 9.05. The highest BCUT2D eigenvalue weighted by atomic mass is 16.5. The van der Waals surface area contributed by atoms with Gasteiger partial charge in [0.05, 0.1) is 13.2 Å². The van der Waals surface area contributed by atoms with E-state index in [-0.39, 0.29) is 0 Å². The summed E-state index contributed by atoms with van der Waals surface area (Å²) in [5.74, 6) is 3.14. The van der Waals surface area contributed by atoms with Crippen LogP contribution >= 0.6 is 0 Å². The van der Waals surface area contributed by atoms with Crippen molar-refractivity contribution in [2.75, 3.05) is 32.1 Å². The summed E-state index contributed by atoms with van der Waals surface area (Å²) in [6.07, 6.45) is 3.15. The van der Waals surface area contributed by atoms with Crippen LogP contribution in [0.4, 0.5) is 5.69 Å².